The molecule has 0 saturated carbocycles. The van der Waals surface area contributed by atoms with Crippen LogP contribution in [0.3, 0.4) is 0 Å². The Labute approximate surface area is 83.7 Å². The molecule has 0 fully saturated rings. The zero-order valence-corrected chi connectivity index (χ0v) is 8.70. The van der Waals surface area contributed by atoms with Gasteiger partial charge in [-0.1, -0.05) is 0 Å². The molecule has 1 atom stereocenters. The van der Waals surface area contributed by atoms with E-state index in [1.165, 1.54) is 4.90 Å². The third-order valence-corrected chi connectivity index (χ3v) is 1.84. The molecule has 0 rings (SSSR count). The van der Waals surface area contributed by atoms with Gasteiger partial charge in [0.1, 0.15) is 12.5 Å². The first-order valence-corrected chi connectivity index (χ1v) is 4.44. The molecule has 5 heteroatoms. The Morgan fingerprint density at radius 3 is 2.57 bits per heavy atom. The van der Waals surface area contributed by atoms with Gasteiger partial charge in [-0.2, -0.15) is 5.26 Å². The number of hydrogen-bond acceptors (Lipinski definition) is 3. The molecule has 2 amide bonds. The molecule has 5 nitrogen and oxygen atoms in total. The number of hydrogen-bond donors (Lipinski definition) is 1. The van der Waals surface area contributed by atoms with Crippen LogP contribution < -0.4 is 5.32 Å². The second kappa shape index (κ2) is 5.97. The maximum absolute atomic E-state index is 11.4. The van der Waals surface area contributed by atoms with Crippen LogP contribution in [0.15, 0.2) is 0 Å². The molecule has 0 bridgehead atoms. The van der Waals surface area contributed by atoms with E-state index in [4.69, 9.17) is 5.26 Å². The van der Waals surface area contributed by atoms with Gasteiger partial charge in [-0.25, -0.2) is 0 Å². The number of nitrogens with zero attached hydrogens (tertiary/aromatic N) is 2. The third-order valence-electron chi connectivity index (χ3n) is 1.84. The largest absolute Gasteiger partial charge is 0.344 e. The molecule has 0 spiro atoms. The molecule has 0 aromatic rings. The molecule has 0 heterocycles. The van der Waals surface area contributed by atoms with Crippen molar-refractivity contribution >= 4 is 11.8 Å². The lowest BCUT2D eigenvalue weighted by Crippen LogP contribution is -2.45. The summed E-state index contributed by atoms with van der Waals surface area (Å²) in [6.45, 7) is 4.04. The quantitative estimate of drug-likeness (QED) is 0.683. The van der Waals surface area contributed by atoms with Gasteiger partial charge in [0.15, 0.2) is 0 Å². The van der Waals surface area contributed by atoms with Crippen molar-refractivity contribution in [3.63, 3.8) is 0 Å². The van der Waals surface area contributed by atoms with E-state index in [2.05, 4.69) is 5.32 Å². The standard InChI is InChI=1S/C9H15N3O2/c1-4-12(3)9(14)7(2)11-8(13)5-6-10/h7H,4-5H2,1-3H3,(H,11,13). The molecule has 0 aromatic carbocycles. The van der Waals surface area contributed by atoms with Crippen molar-refractivity contribution in [3.8, 4) is 6.07 Å². The fourth-order valence-corrected chi connectivity index (χ4v) is 0.912. The molecule has 0 saturated heterocycles. The number of carbonyl (C=O) groups is 2. The monoisotopic (exact) mass is 197 g/mol. The van der Waals surface area contributed by atoms with Gasteiger partial charge in [0, 0.05) is 13.6 Å². The van der Waals surface area contributed by atoms with Crippen LogP contribution in [0.25, 0.3) is 0 Å². The maximum atomic E-state index is 11.4. The van der Waals surface area contributed by atoms with Gasteiger partial charge in [0.25, 0.3) is 0 Å². The molecular formula is C9H15N3O2. The van der Waals surface area contributed by atoms with Gasteiger partial charge < -0.3 is 10.2 Å². The molecule has 0 aromatic heterocycles. The van der Waals surface area contributed by atoms with E-state index < -0.39 is 11.9 Å². The lowest BCUT2D eigenvalue weighted by atomic mass is 10.2. The summed E-state index contributed by atoms with van der Waals surface area (Å²) in [6.07, 6.45) is -0.215. The summed E-state index contributed by atoms with van der Waals surface area (Å²) in [5.74, 6) is -0.573. The molecule has 78 valence electrons. The van der Waals surface area contributed by atoms with Crippen LogP contribution in [0.5, 0.6) is 0 Å². The van der Waals surface area contributed by atoms with Crippen LogP contribution in [0.2, 0.25) is 0 Å². The highest BCUT2D eigenvalue weighted by Crippen LogP contribution is 1.92. The van der Waals surface area contributed by atoms with Crippen LogP contribution in [-0.2, 0) is 9.59 Å². The summed E-state index contributed by atoms with van der Waals surface area (Å²) in [6, 6.07) is 1.15. The molecule has 1 N–H and O–H groups in total. The molecular weight excluding hydrogens is 182 g/mol. The van der Waals surface area contributed by atoms with Crippen molar-refractivity contribution in [2.75, 3.05) is 13.6 Å². The van der Waals surface area contributed by atoms with Crippen molar-refractivity contribution in [3.05, 3.63) is 0 Å². The number of rotatable bonds is 4. The maximum Gasteiger partial charge on any atom is 0.244 e. The predicted molar refractivity (Wildman–Crippen MR) is 51.1 cm³/mol. The Morgan fingerprint density at radius 2 is 2.14 bits per heavy atom. The van der Waals surface area contributed by atoms with Gasteiger partial charge in [0.2, 0.25) is 11.8 Å². The lowest BCUT2D eigenvalue weighted by molar-refractivity contribution is -0.134. The zero-order valence-electron chi connectivity index (χ0n) is 8.70. The second-order valence-electron chi connectivity index (χ2n) is 2.98. The highest BCUT2D eigenvalue weighted by atomic mass is 16.2. The highest BCUT2D eigenvalue weighted by Gasteiger charge is 2.17. The van der Waals surface area contributed by atoms with Crippen molar-refractivity contribution in [1.82, 2.24) is 10.2 Å². The van der Waals surface area contributed by atoms with Crippen LogP contribution in [-0.4, -0.2) is 36.3 Å². The number of likely N-dealkylation sites (N-methyl/N-ethyl adjacent to an activating group) is 1. The van der Waals surface area contributed by atoms with Crippen molar-refractivity contribution < 1.29 is 9.59 Å². The van der Waals surface area contributed by atoms with E-state index in [1.807, 2.05) is 6.92 Å². The SMILES string of the molecule is CCN(C)C(=O)C(C)NC(=O)CC#N. The fourth-order valence-electron chi connectivity index (χ4n) is 0.912. The fraction of sp³-hybridized carbons (Fsp3) is 0.667. The first-order valence-electron chi connectivity index (χ1n) is 4.44. The highest BCUT2D eigenvalue weighted by molar-refractivity contribution is 5.87. The molecule has 0 radical (unpaired) electrons. The molecule has 14 heavy (non-hydrogen) atoms. The summed E-state index contributed by atoms with van der Waals surface area (Å²) >= 11 is 0. The summed E-state index contributed by atoms with van der Waals surface area (Å²) < 4.78 is 0. The summed E-state index contributed by atoms with van der Waals surface area (Å²) in [4.78, 5) is 23.9. The van der Waals surface area contributed by atoms with E-state index >= 15 is 0 Å². The van der Waals surface area contributed by atoms with E-state index in [0.717, 1.165) is 0 Å². The zero-order chi connectivity index (χ0) is 11.1. The summed E-state index contributed by atoms with van der Waals surface area (Å²) in [7, 11) is 1.66. The van der Waals surface area contributed by atoms with Gasteiger partial charge in [-0.05, 0) is 13.8 Å². The van der Waals surface area contributed by atoms with Crippen molar-refractivity contribution in [1.29, 1.82) is 5.26 Å². The Balaban J connectivity index is 4.09. The number of carbonyl (C=O) groups excluding carboxylic acids is 2. The van der Waals surface area contributed by atoms with E-state index in [9.17, 15) is 9.59 Å². The molecule has 0 aliphatic rings. The molecule has 1 unspecified atom stereocenters. The normalized spacial score (nSPS) is 11.3. The average Bonchev–Trinajstić information content (AvgIpc) is 2.15. The lowest BCUT2D eigenvalue weighted by Gasteiger charge is -2.20. The van der Waals surface area contributed by atoms with Gasteiger partial charge >= 0.3 is 0 Å². The van der Waals surface area contributed by atoms with Gasteiger partial charge in [-0.3, -0.25) is 9.59 Å². The van der Waals surface area contributed by atoms with Crippen molar-refractivity contribution in [2.24, 2.45) is 0 Å². The first kappa shape index (κ1) is 12.4. The molecule has 0 aliphatic carbocycles. The summed E-state index contributed by atoms with van der Waals surface area (Å²) in [5.41, 5.74) is 0. The van der Waals surface area contributed by atoms with E-state index in [-0.39, 0.29) is 12.3 Å². The third kappa shape index (κ3) is 3.90. The van der Waals surface area contributed by atoms with Crippen LogP contribution in [0.1, 0.15) is 20.3 Å². The van der Waals surface area contributed by atoms with Gasteiger partial charge in [-0.15, -0.1) is 0 Å². The Morgan fingerprint density at radius 1 is 1.57 bits per heavy atom. The topological polar surface area (TPSA) is 73.2 Å². The minimum Gasteiger partial charge on any atom is -0.344 e. The number of amides is 2. The number of nitrogens with one attached hydrogen (secondary N) is 1. The minimum absolute atomic E-state index is 0.154. The molecule has 0 aliphatic heterocycles. The minimum atomic E-state index is -0.569. The van der Waals surface area contributed by atoms with E-state index in [1.54, 1.807) is 20.0 Å². The van der Waals surface area contributed by atoms with Crippen LogP contribution in [0, 0.1) is 11.3 Å². The first-order chi connectivity index (χ1) is 6.52. The summed E-state index contributed by atoms with van der Waals surface area (Å²) in [5, 5.41) is 10.7. The van der Waals surface area contributed by atoms with Crippen LogP contribution in [0.4, 0.5) is 0 Å². The smallest absolute Gasteiger partial charge is 0.244 e. The number of nitriles is 1. The van der Waals surface area contributed by atoms with Gasteiger partial charge in [0.05, 0.1) is 6.07 Å². The average molecular weight is 197 g/mol. The van der Waals surface area contributed by atoms with Crippen LogP contribution >= 0.6 is 0 Å². The Hall–Kier alpha value is -1.57. The predicted octanol–water partition coefficient (Wildman–Crippen LogP) is -0.117. The van der Waals surface area contributed by atoms with Crippen molar-refractivity contribution in [2.45, 2.75) is 26.3 Å². The Kier molecular flexibility index (Phi) is 5.30. The Bertz CT molecular complexity index is 257. The second-order valence-corrected chi connectivity index (χ2v) is 2.98. The van der Waals surface area contributed by atoms with E-state index in [0.29, 0.717) is 6.54 Å².